The minimum absolute atomic E-state index is 0.619. The molecule has 0 saturated heterocycles. The van der Waals surface area contributed by atoms with Crippen molar-refractivity contribution in [3.63, 3.8) is 0 Å². The number of rotatable bonds is 2. The van der Waals surface area contributed by atoms with Crippen LogP contribution < -0.4 is 0 Å². The highest BCUT2D eigenvalue weighted by Crippen LogP contribution is 2.19. The number of para-hydroxylation sites is 1. The van der Waals surface area contributed by atoms with Crippen molar-refractivity contribution in [2.24, 2.45) is 9.98 Å². The van der Waals surface area contributed by atoms with Crippen molar-refractivity contribution in [1.82, 2.24) is 0 Å². The maximum absolute atomic E-state index is 8.85. The first-order valence-electron chi connectivity index (χ1n) is 8.09. The monoisotopic (exact) mass is 333 g/mol. The lowest BCUT2D eigenvalue weighted by atomic mass is 10.1. The largest absolute Gasteiger partial charge is 0.192 e. The second-order valence-corrected chi connectivity index (χ2v) is 5.62. The molecule has 3 nitrogen and oxygen atoms in total. The van der Waals surface area contributed by atoms with E-state index in [0.717, 1.165) is 28.1 Å². The third kappa shape index (κ3) is 4.56. The average Bonchev–Trinajstić information content (AvgIpc) is 2.69. The zero-order valence-electron chi connectivity index (χ0n) is 14.3. The molecule has 3 heteroatoms. The second-order valence-electron chi connectivity index (χ2n) is 5.62. The fourth-order valence-corrected chi connectivity index (χ4v) is 2.25. The topological polar surface area (TPSA) is 48.5 Å². The lowest BCUT2D eigenvalue weighted by Crippen LogP contribution is -1.81. The van der Waals surface area contributed by atoms with Crippen LogP contribution in [0.5, 0.6) is 0 Å². The number of hydrogen-bond acceptors (Lipinski definition) is 3. The first-order chi connectivity index (χ1) is 12.7. The van der Waals surface area contributed by atoms with Gasteiger partial charge in [-0.25, -0.2) is 0 Å². The Morgan fingerprint density at radius 3 is 2.23 bits per heavy atom. The Morgan fingerprint density at radius 1 is 0.769 bits per heavy atom. The Balaban J connectivity index is 1.90. The molecule has 0 aliphatic heterocycles. The fraction of sp³-hybridized carbons (Fsp3) is 0.0435. The van der Waals surface area contributed by atoms with Gasteiger partial charge in [-0.1, -0.05) is 36.1 Å². The highest BCUT2D eigenvalue weighted by molar-refractivity contribution is 5.64. The molecule has 0 aliphatic rings. The van der Waals surface area contributed by atoms with Crippen LogP contribution in [0.15, 0.2) is 82.8 Å². The van der Waals surface area contributed by atoms with E-state index in [0.29, 0.717) is 5.56 Å². The number of hydrogen-bond donors (Lipinski definition) is 0. The summed E-state index contributed by atoms with van der Waals surface area (Å²) in [5.41, 5.74) is 4.90. The first-order valence-corrected chi connectivity index (χ1v) is 8.09. The Morgan fingerprint density at radius 2 is 1.50 bits per heavy atom. The molecule has 0 aliphatic carbocycles. The van der Waals surface area contributed by atoms with Crippen molar-refractivity contribution in [2.45, 2.75) is 6.92 Å². The molecule has 0 radical (unpaired) electrons. The number of aryl methyl sites for hydroxylation is 1. The minimum atomic E-state index is 0.619. The Labute approximate surface area is 153 Å². The third-order valence-electron chi connectivity index (χ3n) is 3.61. The number of nitriles is 1. The van der Waals surface area contributed by atoms with E-state index in [1.807, 2.05) is 67.6 Å². The van der Waals surface area contributed by atoms with E-state index in [1.54, 1.807) is 12.1 Å². The van der Waals surface area contributed by atoms with Crippen molar-refractivity contribution in [3.05, 3.63) is 95.1 Å². The molecule has 122 valence electrons. The molecule has 26 heavy (non-hydrogen) atoms. The van der Waals surface area contributed by atoms with Crippen LogP contribution in [0.25, 0.3) is 0 Å². The first kappa shape index (κ1) is 16.9. The molecular weight excluding hydrogens is 318 g/mol. The van der Waals surface area contributed by atoms with E-state index >= 15 is 0 Å². The fourth-order valence-electron chi connectivity index (χ4n) is 2.25. The molecule has 0 saturated carbocycles. The van der Waals surface area contributed by atoms with Crippen molar-refractivity contribution in [1.29, 1.82) is 5.26 Å². The molecular formula is C23H15N3. The Hall–Kier alpha value is -3.91. The third-order valence-corrected chi connectivity index (χ3v) is 3.61. The summed E-state index contributed by atoms with van der Waals surface area (Å²) >= 11 is 0. The van der Waals surface area contributed by atoms with Crippen molar-refractivity contribution >= 4 is 17.4 Å². The molecule has 0 atom stereocenters. The van der Waals surface area contributed by atoms with E-state index in [4.69, 9.17) is 5.26 Å². The summed E-state index contributed by atoms with van der Waals surface area (Å²) in [6.45, 7) is 2.01. The van der Waals surface area contributed by atoms with Gasteiger partial charge in [-0.15, -0.1) is 0 Å². The maximum Gasteiger partial charge on any atom is 0.101 e. The molecule has 3 rings (SSSR count). The second kappa shape index (κ2) is 8.27. The van der Waals surface area contributed by atoms with Crippen LogP contribution in [0, 0.1) is 30.1 Å². The van der Waals surface area contributed by atoms with E-state index in [9.17, 15) is 0 Å². The Bertz CT molecular complexity index is 1070. The van der Waals surface area contributed by atoms with Gasteiger partial charge >= 0.3 is 0 Å². The van der Waals surface area contributed by atoms with Crippen molar-refractivity contribution in [2.75, 3.05) is 0 Å². The molecule has 0 amide bonds. The molecule has 0 spiro atoms. The zero-order chi connectivity index (χ0) is 18.2. The summed E-state index contributed by atoms with van der Waals surface area (Å²) in [5, 5.41) is 8.85. The summed E-state index contributed by atoms with van der Waals surface area (Å²) in [7, 11) is 0. The smallest absolute Gasteiger partial charge is 0.101 e. The quantitative estimate of drug-likeness (QED) is 0.457. The summed E-state index contributed by atoms with van der Waals surface area (Å²) in [6, 6.07) is 27.5. The molecule has 0 unspecified atom stereocenters. The lowest BCUT2D eigenvalue weighted by Gasteiger charge is -1.99. The Kier molecular flexibility index (Phi) is 5.38. The van der Waals surface area contributed by atoms with Gasteiger partial charge in [0.05, 0.1) is 28.6 Å². The van der Waals surface area contributed by atoms with Crippen molar-refractivity contribution < 1.29 is 0 Å². The standard InChI is InChI=1S/C23H15N3/c1-18-7-14-23(26-17-25-22-5-3-2-4-6-22)21(15-18)13-12-19-8-10-20(16-24)11-9-19/h2-11,14-15H,1H3. The van der Waals surface area contributed by atoms with Gasteiger partial charge in [0, 0.05) is 5.56 Å². The van der Waals surface area contributed by atoms with Gasteiger partial charge in [-0.05, 0) is 61.0 Å². The van der Waals surface area contributed by atoms with Gasteiger partial charge in [0.25, 0.3) is 0 Å². The number of nitrogens with zero attached hydrogens (tertiary/aromatic N) is 3. The van der Waals surface area contributed by atoms with Crippen LogP contribution in [0.3, 0.4) is 0 Å². The highest BCUT2D eigenvalue weighted by Gasteiger charge is 1.99. The molecule has 0 N–H and O–H groups in total. The molecule has 0 fully saturated rings. The summed E-state index contributed by atoms with van der Waals surface area (Å²) in [5.74, 6) is 6.26. The predicted molar refractivity (Wildman–Crippen MR) is 104 cm³/mol. The van der Waals surface area contributed by atoms with Gasteiger partial charge in [-0.3, -0.25) is 0 Å². The number of benzene rings is 3. The molecule has 3 aromatic carbocycles. The average molecular weight is 333 g/mol. The van der Waals surface area contributed by atoms with E-state index < -0.39 is 0 Å². The molecule has 0 bridgehead atoms. The predicted octanol–water partition coefficient (Wildman–Crippen LogP) is 5.40. The SMILES string of the molecule is Cc1ccc(N=C=Nc2ccccc2)c(C#Cc2ccc(C#N)cc2)c1. The highest BCUT2D eigenvalue weighted by atomic mass is 14.8. The zero-order valence-corrected chi connectivity index (χ0v) is 14.3. The van der Waals surface area contributed by atoms with Crippen LogP contribution in [-0.4, -0.2) is 6.01 Å². The van der Waals surface area contributed by atoms with Gasteiger partial charge in [0.2, 0.25) is 0 Å². The van der Waals surface area contributed by atoms with E-state index in [-0.39, 0.29) is 0 Å². The molecule has 0 heterocycles. The summed E-state index contributed by atoms with van der Waals surface area (Å²) in [6.07, 6.45) is 0. The van der Waals surface area contributed by atoms with Gasteiger partial charge in [-0.2, -0.15) is 15.2 Å². The summed E-state index contributed by atoms with van der Waals surface area (Å²) in [4.78, 5) is 8.53. The van der Waals surface area contributed by atoms with Gasteiger partial charge in [0.15, 0.2) is 0 Å². The minimum Gasteiger partial charge on any atom is -0.192 e. The maximum atomic E-state index is 8.85. The molecule has 3 aromatic rings. The normalized spacial score (nSPS) is 9.23. The van der Waals surface area contributed by atoms with Crippen LogP contribution in [0.1, 0.15) is 22.3 Å². The number of aliphatic imine (C=N–C) groups is 2. The van der Waals surface area contributed by atoms with Gasteiger partial charge < -0.3 is 0 Å². The lowest BCUT2D eigenvalue weighted by molar-refractivity contribution is 1.41. The van der Waals surface area contributed by atoms with E-state index in [1.165, 1.54) is 0 Å². The molecule has 0 aromatic heterocycles. The summed E-state index contributed by atoms with van der Waals surface area (Å²) < 4.78 is 0. The van der Waals surface area contributed by atoms with Crippen molar-refractivity contribution in [3.8, 4) is 17.9 Å². The van der Waals surface area contributed by atoms with Gasteiger partial charge in [0.1, 0.15) is 6.01 Å². The van der Waals surface area contributed by atoms with Crippen LogP contribution >= 0.6 is 0 Å². The van der Waals surface area contributed by atoms with E-state index in [2.05, 4.69) is 33.9 Å². The van der Waals surface area contributed by atoms with Crippen LogP contribution in [-0.2, 0) is 0 Å². The van der Waals surface area contributed by atoms with Crippen LogP contribution in [0.4, 0.5) is 11.4 Å². The van der Waals surface area contributed by atoms with Crippen LogP contribution in [0.2, 0.25) is 0 Å².